The minimum Gasteiger partial charge on any atom is -0.332 e. The Balaban J connectivity index is 0.000001000. The van der Waals surface area contributed by atoms with Crippen molar-refractivity contribution in [2.45, 2.75) is 31.5 Å². The highest BCUT2D eigenvalue weighted by atomic mass is 35.5. The Morgan fingerprint density at radius 2 is 2.15 bits per heavy atom. The van der Waals surface area contributed by atoms with Gasteiger partial charge in [-0.2, -0.15) is 0 Å². The molecule has 1 N–H and O–H groups in total. The van der Waals surface area contributed by atoms with E-state index in [-0.39, 0.29) is 30.7 Å². The fourth-order valence-corrected chi connectivity index (χ4v) is 2.47. The van der Waals surface area contributed by atoms with Crippen LogP contribution in [0, 0.1) is 0 Å². The van der Waals surface area contributed by atoms with Gasteiger partial charge in [0.05, 0.1) is 19.1 Å². The Hall–Kier alpha value is -0.920. The highest BCUT2D eigenvalue weighted by Crippen LogP contribution is 2.26. The van der Waals surface area contributed by atoms with Crippen LogP contribution in [0.2, 0.25) is 0 Å². The molecule has 0 spiro atoms. The van der Waals surface area contributed by atoms with Gasteiger partial charge in [-0.15, -0.1) is 24.8 Å². The van der Waals surface area contributed by atoms with Gasteiger partial charge in [-0.1, -0.05) is 0 Å². The molecule has 1 saturated heterocycles. The Bertz CT molecular complexity index is 483. The van der Waals surface area contributed by atoms with Crippen LogP contribution in [-0.2, 0) is 17.9 Å². The molecule has 9 heteroatoms. The van der Waals surface area contributed by atoms with Crippen LogP contribution < -0.4 is 5.32 Å². The van der Waals surface area contributed by atoms with Gasteiger partial charge in [0.2, 0.25) is 5.91 Å². The molecule has 114 valence electrons. The monoisotopic (exact) mass is 328 g/mol. The third kappa shape index (κ3) is 3.21. The lowest BCUT2D eigenvalue weighted by Gasteiger charge is -2.29. The van der Waals surface area contributed by atoms with Crippen LogP contribution in [0.1, 0.15) is 12.2 Å². The number of hydrogen-bond donors (Lipinski definition) is 1. The normalized spacial score (nSPS) is 23.5. The lowest BCUT2D eigenvalue weighted by atomic mass is 10.1. The van der Waals surface area contributed by atoms with Crippen molar-refractivity contribution in [1.82, 2.24) is 19.8 Å². The molecule has 2 aliphatic heterocycles. The molecular weight excluding hydrogens is 313 g/mol. The van der Waals surface area contributed by atoms with E-state index in [0.717, 1.165) is 5.82 Å². The molecule has 0 aromatic carbocycles. The average Bonchev–Trinajstić information content (AvgIpc) is 2.93. The van der Waals surface area contributed by atoms with Crippen molar-refractivity contribution in [3.8, 4) is 0 Å². The average molecular weight is 329 g/mol. The van der Waals surface area contributed by atoms with E-state index in [2.05, 4.69) is 10.3 Å². The third-order valence-corrected chi connectivity index (χ3v) is 3.46. The molecular formula is C11H16Cl2F2N4O. The fourth-order valence-electron chi connectivity index (χ4n) is 2.47. The standard InChI is InChI=1S/C11H14F2N4O.2ClH/c12-11(13)5-8(15-7-11)10(18)17-4-3-16-2-1-14-9(16)6-17;;/h1-2,8,15H,3-7H2;2*1H. The van der Waals surface area contributed by atoms with Gasteiger partial charge in [0, 0.05) is 31.9 Å². The summed E-state index contributed by atoms with van der Waals surface area (Å²) in [5.41, 5.74) is 0. The molecule has 5 nitrogen and oxygen atoms in total. The third-order valence-electron chi connectivity index (χ3n) is 3.46. The number of carbonyl (C=O) groups excluding carboxylic acids is 1. The number of fused-ring (bicyclic) bond motifs is 1. The molecule has 3 rings (SSSR count). The highest BCUT2D eigenvalue weighted by molar-refractivity contribution is 5.85. The Labute approximate surface area is 127 Å². The molecule has 3 heterocycles. The summed E-state index contributed by atoms with van der Waals surface area (Å²) in [6.07, 6.45) is 3.14. The number of nitrogens with zero attached hydrogens (tertiary/aromatic N) is 3. The molecule has 1 amide bonds. The van der Waals surface area contributed by atoms with Crippen molar-refractivity contribution in [3.63, 3.8) is 0 Å². The van der Waals surface area contributed by atoms with Crippen molar-refractivity contribution >= 4 is 30.7 Å². The van der Waals surface area contributed by atoms with Crippen LogP contribution in [0.25, 0.3) is 0 Å². The molecule has 1 aromatic rings. The predicted octanol–water partition coefficient (Wildman–Crippen LogP) is 1.07. The van der Waals surface area contributed by atoms with Gasteiger partial charge in [-0.3, -0.25) is 10.1 Å². The van der Waals surface area contributed by atoms with E-state index in [1.54, 1.807) is 11.1 Å². The van der Waals surface area contributed by atoms with Gasteiger partial charge in [-0.25, -0.2) is 13.8 Å². The molecule has 0 saturated carbocycles. The first-order chi connectivity index (χ1) is 8.55. The number of halogens is 4. The second kappa shape index (κ2) is 6.24. The van der Waals surface area contributed by atoms with Crippen molar-refractivity contribution in [3.05, 3.63) is 18.2 Å². The number of hydrogen-bond acceptors (Lipinski definition) is 3. The number of rotatable bonds is 1. The summed E-state index contributed by atoms with van der Waals surface area (Å²) in [5.74, 6) is -2.21. The van der Waals surface area contributed by atoms with Crippen LogP contribution in [0.4, 0.5) is 8.78 Å². The number of amides is 1. The molecule has 0 radical (unpaired) electrons. The molecule has 1 unspecified atom stereocenters. The number of carbonyl (C=O) groups is 1. The minimum atomic E-state index is -2.77. The summed E-state index contributed by atoms with van der Waals surface area (Å²) in [6, 6.07) is -0.762. The van der Waals surface area contributed by atoms with E-state index < -0.39 is 24.9 Å². The van der Waals surface area contributed by atoms with Gasteiger partial charge in [0.1, 0.15) is 5.82 Å². The summed E-state index contributed by atoms with van der Waals surface area (Å²) in [4.78, 5) is 17.9. The number of aromatic nitrogens is 2. The van der Waals surface area contributed by atoms with Crippen LogP contribution in [-0.4, -0.2) is 45.4 Å². The fraction of sp³-hybridized carbons (Fsp3) is 0.636. The highest BCUT2D eigenvalue weighted by Gasteiger charge is 2.43. The topological polar surface area (TPSA) is 50.2 Å². The maximum Gasteiger partial charge on any atom is 0.262 e. The predicted molar refractivity (Wildman–Crippen MR) is 73.5 cm³/mol. The quantitative estimate of drug-likeness (QED) is 0.838. The second-order valence-electron chi connectivity index (χ2n) is 4.79. The zero-order valence-electron chi connectivity index (χ0n) is 10.6. The van der Waals surface area contributed by atoms with E-state index in [1.807, 2.05) is 10.8 Å². The van der Waals surface area contributed by atoms with Gasteiger partial charge in [-0.05, 0) is 0 Å². The van der Waals surface area contributed by atoms with E-state index in [4.69, 9.17) is 0 Å². The molecule has 1 fully saturated rings. The summed E-state index contributed by atoms with van der Waals surface area (Å²) < 4.78 is 28.1. The van der Waals surface area contributed by atoms with E-state index >= 15 is 0 Å². The van der Waals surface area contributed by atoms with Crippen LogP contribution in [0.15, 0.2) is 12.4 Å². The summed E-state index contributed by atoms with van der Waals surface area (Å²) in [6.45, 7) is 1.21. The molecule has 1 aromatic heterocycles. The lowest BCUT2D eigenvalue weighted by Crippen LogP contribution is -2.46. The maximum atomic E-state index is 13.1. The largest absolute Gasteiger partial charge is 0.332 e. The maximum absolute atomic E-state index is 13.1. The SMILES string of the molecule is Cl.Cl.O=C(C1CC(F)(F)CN1)N1CCn2ccnc2C1. The van der Waals surface area contributed by atoms with Crippen molar-refractivity contribution in [1.29, 1.82) is 0 Å². The summed E-state index contributed by atoms with van der Waals surface area (Å²) >= 11 is 0. The number of alkyl halides is 2. The summed E-state index contributed by atoms with van der Waals surface area (Å²) in [5, 5.41) is 2.59. The Morgan fingerprint density at radius 3 is 2.80 bits per heavy atom. The van der Waals surface area contributed by atoms with Gasteiger partial charge < -0.3 is 9.47 Å². The van der Waals surface area contributed by atoms with Crippen molar-refractivity contribution < 1.29 is 13.6 Å². The van der Waals surface area contributed by atoms with Gasteiger partial charge in [0.15, 0.2) is 0 Å². The molecule has 0 aliphatic carbocycles. The zero-order valence-corrected chi connectivity index (χ0v) is 12.2. The van der Waals surface area contributed by atoms with Crippen LogP contribution >= 0.6 is 24.8 Å². The van der Waals surface area contributed by atoms with E-state index in [0.29, 0.717) is 19.6 Å². The second-order valence-corrected chi connectivity index (χ2v) is 4.79. The van der Waals surface area contributed by atoms with E-state index in [9.17, 15) is 13.6 Å². The lowest BCUT2D eigenvalue weighted by molar-refractivity contribution is -0.135. The Kier molecular flexibility index (Phi) is 5.34. The van der Waals surface area contributed by atoms with E-state index in [1.165, 1.54) is 0 Å². The first-order valence-electron chi connectivity index (χ1n) is 5.95. The Morgan fingerprint density at radius 1 is 1.40 bits per heavy atom. The summed E-state index contributed by atoms with van der Waals surface area (Å²) in [7, 11) is 0. The first-order valence-corrected chi connectivity index (χ1v) is 5.95. The van der Waals surface area contributed by atoms with Crippen molar-refractivity contribution in [2.24, 2.45) is 0 Å². The van der Waals surface area contributed by atoms with Gasteiger partial charge >= 0.3 is 0 Å². The van der Waals surface area contributed by atoms with Gasteiger partial charge in [0.25, 0.3) is 5.92 Å². The van der Waals surface area contributed by atoms with Crippen LogP contribution in [0.5, 0.6) is 0 Å². The number of imidazole rings is 1. The molecule has 2 aliphatic rings. The zero-order chi connectivity index (χ0) is 12.8. The number of nitrogens with one attached hydrogen (secondary N) is 1. The molecule has 1 atom stereocenters. The minimum absolute atomic E-state index is 0. The van der Waals surface area contributed by atoms with Crippen molar-refractivity contribution in [2.75, 3.05) is 13.1 Å². The molecule has 20 heavy (non-hydrogen) atoms. The smallest absolute Gasteiger partial charge is 0.262 e. The molecule has 0 bridgehead atoms. The first kappa shape index (κ1) is 17.1. The van der Waals surface area contributed by atoms with Crippen LogP contribution in [0.3, 0.4) is 0 Å².